The molecule has 0 aliphatic heterocycles. The molecule has 0 spiro atoms. The molecule has 5 heteroatoms. The Morgan fingerprint density at radius 1 is 1.18 bits per heavy atom. The molecule has 2 rings (SSSR count). The summed E-state index contributed by atoms with van der Waals surface area (Å²) >= 11 is 0. The van der Waals surface area contributed by atoms with Gasteiger partial charge in [0.15, 0.2) is 0 Å². The van der Waals surface area contributed by atoms with Gasteiger partial charge in [0, 0.05) is 30.4 Å². The van der Waals surface area contributed by atoms with Gasteiger partial charge in [0.05, 0.1) is 6.04 Å². The van der Waals surface area contributed by atoms with Gasteiger partial charge in [0.2, 0.25) is 0 Å². The number of nitrogens with one attached hydrogen (secondary N) is 1. The van der Waals surface area contributed by atoms with Crippen molar-refractivity contribution in [3.05, 3.63) is 48.6 Å². The van der Waals surface area contributed by atoms with Gasteiger partial charge in [0.1, 0.15) is 12.2 Å². The quantitative estimate of drug-likeness (QED) is 0.838. The third-order valence-corrected chi connectivity index (χ3v) is 2.36. The molecule has 0 radical (unpaired) electrons. The zero-order valence-corrected chi connectivity index (χ0v) is 9.74. The molecule has 1 unspecified atom stereocenters. The highest BCUT2D eigenvalue weighted by atomic mass is 15.0. The lowest BCUT2D eigenvalue weighted by Gasteiger charge is -2.16. The first-order chi connectivity index (χ1) is 8.42. The van der Waals surface area contributed by atoms with Crippen molar-refractivity contribution < 1.29 is 0 Å². The number of hydrogen-bond donors (Lipinski definition) is 1. The highest BCUT2D eigenvalue weighted by Gasteiger charge is 2.15. The van der Waals surface area contributed by atoms with Crippen LogP contribution in [0.15, 0.2) is 37.2 Å². The average Bonchev–Trinajstić information content (AvgIpc) is 2.42. The topological polar surface area (TPSA) is 63.6 Å². The molecule has 17 heavy (non-hydrogen) atoms. The molecular weight excluding hydrogens is 214 g/mol. The molecule has 0 amide bonds. The molecule has 1 atom stereocenters. The Morgan fingerprint density at radius 3 is 2.53 bits per heavy atom. The van der Waals surface area contributed by atoms with Crippen molar-refractivity contribution in [2.45, 2.75) is 19.4 Å². The largest absolute Gasteiger partial charge is 0.304 e. The van der Waals surface area contributed by atoms with E-state index in [0.29, 0.717) is 0 Å². The summed E-state index contributed by atoms with van der Waals surface area (Å²) in [5.74, 6) is 0.746. The van der Waals surface area contributed by atoms with E-state index in [2.05, 4.69) is 32.2 Å². The second kappa shape index (κ2) is 6.00. The van der Waals surface area contributed by atoms with Crippen molar-refractivity contribution in [3.63, 3.8) is 0 Å². The van der Waals surface area contributed by atoms with Gasteiger partial charge in [-0.25, -0.2) is 19.9 Å². The summed E-state index contributed by atoms with van der Waals surface area (Å²) in [6, 6.07) is 1.76. The van der Waals surface area contributed by atoms with Crippen molar-refractivity contribution in [2.75, 3.05) is 6.54 Å². The smallest absolute Gasteiger partial charge is 0.149 e. The van der Waals surface area contributed by atoms with Crippen LogP contribution in [-0.4, -0.2) is 26.5 Å². The van der Waals surface area contributed by atoms with E-state index in [1.54, 1.807) is 24.8 Å². The molecule has 5 nitrogen and oxygen atoms in total. The highest BCUT2D eigenvalue weighted by Crippen LogP contribution is 2.16. The number of aromatic nitrogens is 4. The molecule has 0 saturated heterocycles. The molecule has 0 aliphatic rings. The molecule has 2 aromatic rings. The Kier molecular flexibility index (Phi) is 4.10. The van der Waals surface area contributed by atoms with E-state index >= 15 is 0 Å². The number of hydrogen-bond acceptors (Lipinski definition) is 5. The Labute approximate surface area is 100 Å². The third kappa shape index (κ3) is 3.04. The summed E-state index contributed by atoms with van der Waals surface area (Å²) in [5.41, 5.74) is 0.979. The number of nitrogens with zero attached hydrogens (tertiary/aromatic N) is 4. The maximum atomic E-state index is 4.28. The lowest BCUT2D eigenvalue weighted by molar-refractivity contribution is 0.568. The fraction of sp³-hybridized carbons (Fsp3) is 0.333. The first-order valence-electron chi connectivity index (χ1n) is 5.67. The number of rotatable bonds is 5. The monoisotopic (exact) mass is 229 g/mol. The van der Waals surface area contributed by atoms with Crippen LogP contribution in [0.3, 0.4) is 0 Å². The fourth-order valence-corrected chi connectivity index (χ4v) is 1.57. The van der Waals surface area contributed by atoms with Gasteiger partial charge >= 0.3 is 0 Å². The average molecular weight is 229 g/mol. The van der Waals surface area contributed by atoms with Crippen molar-refractivity contribution in [1.29, 1.82) is 0 Å². The van der Waals surface area contributed by atoms with Crippen LogP contribution >= 0.6 is 0 Å². The zero-order valence-electron chi connectivity index (χ0n) is 9.74. The second-order valence-corrected chi connectivity index (χ2v) is 3.67. The minimum absolute atomic E-state index is 0.0441. The van der Waals surface area contributed by atoms with E-state index in [9.17, 15) is 0 Å². The second-order valence-electron chi connectivity index (χ2n) is 3.67. The Morgan fingerprint density at radius 2 is 1.88 bits per heavy atom. The molecule has 88 valence electrons. The predicted molar refractivity (Wildman–Crippen MR) is 64.2 cm³/mol. The van der Waals surface area contributed by atoms with Crippen LogP contribution in [0.5, 0.6) is 0 Å². The van der Waals surface area contributed by atoms with Gasteiger partial charge in [0.25, 0.3) is 0 Å². The molecule has 0 fully saturated rings. The van der Waals surface area contributed by atoms with Gasteiger partial charge in [-0.05, 0) is 19.0 Å². The standard InChI is InChI=1S/C12H15N5/c1-2-4-15-11(10-7-13-9-14-8-10)12-16-5-3-6-17-12/h3,5-9,11,15H,2,4H2,1H3. The van der Waals surface area contributed by atoms with E-state index in [4.69, 9.17) is 0 Å². The van der Waals surface area contributed by atoms with Gasteiger partial charge in [-0.2, -0.15) is 0 Å². The van der Waals surface area contributed by atoms with Crippen LogP contribution in [0.2, 0.25) is 0 Å². The third-order valence-electron chi connectivity index (χ3n) is 2.36. The molecule has 0 aliphatic carbocycles. The molecule has 1 N–H and O–H groups in total. The zero-order chi connectivity index (χ0) is 11.9. The molecule has 0 bridgehead atoms. The normalized spacial score (nSPS) is 12.3. The predicted octanol–water partition coefficient (Wildman–Crippen LogP) is 1.36. The molecule has 2 aromatic heterocycles. The minimum Gasteiger partial charge on any atom is -0.304 e. The molecule has 0 saturated carbocycles. The van der Waals surface area contributed by atoms with Crippen molar-refractivity contribution in [3.8, 4) is 0 Å². The van der Waals surface area contributed by atoms with Crippen molar-refractivity contribution in [1.82, 2.24) is 25.3 Å². The van der Waals surface area contributed by atoms with Crippen LogP contribution in [0.4, 0.5) is 0 Å². The summed E-state index contributed by atoms with van der Waals surface area (Å²) < 4.78 is 0. The van der Waals surface area contributed by atoms with E-state index in [1.807, 2.05) is 6.07 Å². The van der Waals surface area contributed by atoms with Crippen molar-refractivity contribution in [2.24, 2.45) is 0 Å². The lowest BCUT2D eigenvalue weighted by atomic mass is 10.1. The molecule has 0 aromatic carbocycles. The van der Waals surface area contributed by atoms with Gasteiger partial charge in [-0.15, -0.1) is 0 Å². The first-order valence-corrected chi connectivity index (χ1v) is 5.67. The highest BCUT2D eigenvalue weighted by molar-refractivity contribution is 5.18. The van der Waals surface area contributed by atoms with Crippen molar-refractivity contribution >= 4 is 0 Å². The lowest BCUT2D eigenvalue weighted by Crippen LogP contribution is -2.25. The summed E-state index contributed by atoms with van der Waals surface area (Å²) in [5, 5.41) is 3.40. The van der Waals surface area contributed by atoms with E-state index in [1.165, 1.54) is 6.33 Å². The molecule has 2 heterocycles. The van der Waals surface area contributed by atoms with Crippen LogP contribution in [0.25, 0.3) is 0 Å². The van der Waals surface area contributed by atoms with Crippen LogP contribution in [-0.2, 0) is 0 Å². The Balaban J connectivity index is 2.26. The summed E-state index contributed by atoms with van der Waals surface area (Å²) in [7, 11) is 0. The maximum Gasteiger partial charge on any atom is 0.149 e. The summed E-state index contributed by atoms with van der Waals surface area (Å²) in [6.07, 6.45) is 9.64. The van der Waals surface area contributed by atoms with E-state index in [-0.39, 0.29) is 6.04 Å². The van der Waals surface area contributed by atoms with Crippen LogP contribution < -0.4 is 5.32 Å². The first kappa shape index (κ1) is 11.6. The van der Waals surface area contributed by atoms with Gasteiger partial charge in [-0.1, -0.05) is 6.92 Å². The Bertz CT molecular complexity index is 392. The Hall–Kier alpha value is -1.88. The van der Waals surface area contributed by atoms with E-state index < -0.39 is 0 Å². The van der Waals surface area contributed by atoms with Crippen LogP contribution in [0, 0.1) is 0 Å². The van der Waals surface area contributed by atoms with E-state index in [0.717, 1.165) is 24.4 Å². The van der Waals surface area contributed by atoms with Gasteiger partial charge < -0.3 is 5.32 Å². The summed E-state index contributed by atoms with van der Waals surface area (Å²) in [4.78, 5) is 16.6. The van der Waals surface area contributed by atoms with Crippen LogP contribution in [0.1, 0.15) is 30.8 Å². The minimum atomic E-state index is -0.0441. The molecular formula is C12H15N5. The summed E-state index contributed by atoms with van der Waals surface area (Å²) in [6.45, 7) is 3.02. The SMILES string of the molecule is CCCNC(c1cncnc1)c1ncccn1. The van der Waals surface area contributed by atoms with Gasteiger partial charge in [-0.3, -0.25) is 0 Å². The maximum absolute atomic E-state index is 4.28. The fourth-order valence-electron chi connectivity index (χ4n) is 1.57.